The van der Waals surface area contributed by atoms with Crippen LogP contribution in [0.1, 0.15) is 45.3 Å². The van der Waals surface area contributed by atoms with Gasteiger partial charge in [-0.15, -0.1) is 0 Å². The van der Waals surface area contributed by atoms with E-state index in [9.17, 15) is 0 Å². The van der Waals surface area contributed by atoms with E-state index in [4.69, 9.17) is 10.3 Å². The lowest BCUT2D eigenvalue weighted by atomic mass is 9.87. The molecule has 6 nitrogen and oxygen atoms in total. The van der Waals surface area contributed by atoms with Gasteiger partial charge in [0.25, 0.3) is 5.89 Å². The minimum absolute atomic E-state index is 0.109. The largest absolute Gasteiger partial charge is 0.332 e. The third-order valence-corrected chi connectivity index (χ3v) is 3.07. The molecule has 0 aromatic carbocycles. The Kier molecular flexibility index (Phi) is 3.45. The summed E-state index contributed by atoms with van der Waals surface area (Å²) < 4.78 is 7.16. The Morgan fingerprint density at radius 2 is 2.11 bits per heavy atom. The van der Waals surface area contributed by atoms with Gasteiger partial charge in [-0.05, 0) is 25.3 Å². The molecule has 0 bridgehead atoms. The first-order chi connectivity index (χ1) is 8.82. The number of hydrogen-bond donors (Lipinski definition) is 1. The van der Waals surface area contributed by atoms with Crippen LogP contribution in [-0.2, 0) is 6.54 Å². The number of nitrogens with two attached hydrogens (primary N) is 1. The van der Waals surface area contributed by atoms with Gasteiger partial charge in [0.1, 0.15) is 5.69 Å². The van der Waals surface area contributed by atoms with Crippen molar-refractivity contribution in [2.24, 2.45) is 11.1 Å². The van der Waals surface area contributed by atoms with Gasteiger partial charge in [0.15, 0.2) is 5.82 Å². The van der Waals surface area contributed by atoms with Crippen molar-refractivity contribution < 1.29 is 4.52 Å². The van der Waals surface area contributed by atoms with E-state index in [0.29, 0.717) is 11.7 Å². The van der Waals surface area contributed by atoms with Crippen molar-refractivity contribution in [3.63, 3.8) is 0 Å². The lowest BCUT2D eigenvalue weighted by Crippen LogP contribution is -2.27. The maximum absolute atomic E-state index is 6.13. The van der Waals surface area contributed by atoms with Crippen molar-refractivity contribution in [1.29, 1.82) is 0 Å². The maximum Gasteiger partial charge on any atom is 0.276 e. The van der Waals surface area contributed by atoms with Crippen molar-refractivity contribution in [2.75, 3.05) is 0 Å². The molecule has 2 N–H and O–H groups in total. The highest BCUT2D eigenvalue weighted by molar-refractivity contribution is 5.47. The summed E-state index contributed by atoms with van der Waals surface area (Å²) in [5.74, 6) is 1.00. The summed E-state index contributed by atoms with van der Waals surface area (Å²) in [6, 6.07) is 1.67. The van der Waals surface area contributed by atoms with E-state index in [1.54, 1.807) is 0 Å². The van der Waals surface area contributed by atoms with Crippen LogP contribution in [0.2, 0.25) is 0 Å². The second kappa shape index (κ2) is 4.77. The van der Waals surface area contributed by atoms with Crippen LogP contribution in [0.4, 0.5) is 0 Å². The van der Waals surface area contributed by atoms with Gasteiger partial charge >= 0.3 is 0 Å². The first-order valence-electron chi connectivity index (χ1n) is 6.47. The quantitative estimate of drug-likeness (QED) is 0.918. The molecule has 2 aromatic rings. The molecule has 6 heteroatoms. The number of hydrogen-bond acceptors (Lipinski definition) is 5. The molecule has 0 aliphatic heterocycles. The molecule has 2 rings (SSSR count). The summed E-state index contributed by atoms with van der Waals surface area (Å²) in [4.78, 5) is 4.41. The van der Waals surface area contributed by atoms with Gasteiger partial charge in [0, 0.05) is 6.54 Å². The van der Waals surface area contributed by atoms with Crippen LogP contribution in [0.5, 0.6) is 0 Å². The summed E-state index contributed by atoms with van der Waals surface area (Å²) in [6.07, 6.45) is 0. The van der Waals surface area contributed by atoms with E-state index in [1.807, 2.05) is 45.4 Å². The third kappa shape index (κ3) is 2.68. The van der Waals surface area contributed by atoms with Gasteiger partial charge in [0.2, 0.25) is 0 Å². The Morgan fingerprint density at radius 1 is 1.42 bits per heavy atom. The summed E-state index contributed by atoms with van der Waals surface area (Å²) >= 11 is 0. The molecule has 2 heterocycles. The Balaban J connectivity index is 2.35. The molecule has 0 saturated heterocycles. The highest BCUT2D eigenvalue weighted by Crippen LogP contribution is 2.30. The Bertz CT molecular complexity index is 564. The Morgan fingerprint density at radius 3 is 2.68 bits per heavy atom. The van der Waals surface area contributed by atoms with Crippen LogP contribution in [0.15, 0.2) is 10.6 Å². The second-order valence-corrected chi connectivity index (χ2v) is 5.79. The molecule has 2 aromatic heterocycles. The van der Waals surface area contributed by atoms with Gasteiger partial charge in [-0.2, -0.15) is 10.1 Å². The zero-order valence-corrected chi connectivity index (χ0v) is 12.1. The summed E-state index contributed by atoms with van der Waals surface area (Å²) in [6.45, 7) is 10.9. The summed E-state index contributed by atoms with van der Waals surface area (Å²) in [7, 11) is 0. The average Bonchev–Trinajstić information content (AvgIpc) is 2.92. The zero-order valence-electron chi connectivity index (χ0n) is 12.1. The third-order valence-electron chi connectivity index (χ3n) is 3.07. The molecular formula is C13H21N5O. The minimum Gasteiger partial charge on any atom is -0.332 e. The van der Waals surface area contributed by atoms with Crippen LogP contribution in [0.25, 0.3) is 11.6 Å². The number of nitrogens with zero attached hydrogens (tertiary/aromatic N) is 4. The summed E-state index contributed by atoms with van der Waals surface area (Å²) in [5.41, 5.74) is 7.78. The smallest absolute Gasteiger partial charge is 0.276 e. The normalized spacial score (nSPS) is 13.8. The fourth-order valence-electron chi connectivity index (χ4n) is 1.81. The predicted molar refractivity (Wildman–Crippen MR) is 72.3 cm³/mol. The SMILES string of the molecule is CCn1nc(C)cc1-c1nc(C(N)C(C)(C)C)no1. The lowest BCUT2D eigenvalue weighted by Gasteiger charge is -2.23. The molecule has 0 radical (unpaired) electrons. The zero-order chi connectivity index (χ0) is 14.2. The minimum atomic E-state index is -0.260. The van der Waals surface area contributed by atoms with Gasteiger partial charge in [-0.25, -0.2) is 0 Å². The van der Waals surface area contributed by atoms with E-state index >= 15 is 0 Å². The lowest BCUT2D eigenvalue weighted by molar-refractivity contribution is 0.303. The van der Waals surface area contributed by atoms with E-state index in [0.717, 1.165) is 17.9 Å². The fourth-order valence-corrected chi connectivity index (χ4v) is 1.81. The van der Waals surface area contributed by atoms with Gasteiger partial charge in [-0.3, -0.25) is 4.68 Å². The van der Waals surface area contributed by atoms with Gasteiger partial charge in [-0.1, -0.05) is 25.9 Å². The van der Waals surface area contributed by atoms with Crippen LogP contribution in [0, 0.1) is 12.3 Å². The standard InChI is InChI=1S/C13H21N5O/c1-6-18-9(7-8(2)16-18)12-15-11(17-19-12)10(14)13(3,4)5/h7,10H,6,14H2,1-5H3. The molecule has 104 valence electrons. The van der Waals surface area contributed by atoms with E-state index in [1.165, 1.54) is 0 Å². The number of aryl methyl sites for hydroxylation is 2. The monoisotopic (exact) mass is 263 g/mol. The van der Waals surface area contributed by atoms with Crippen LogP contribution < -0.4 is 5.73 Å². The van der Waals surface area contributed by atoms with Crippen molar-refractivity contribution in [3.8, 4) is 11.6 Å². The molecule has 0 fully saturated rings. The number of aromatic nitrogens is 4. The predicted octanol–water partition coefficient (Wildman–Crippen LogP) is 2.31. The molecule has 0 saturated carbocycles. The van der Waals surface area contributed by atoms with E-state index in [2.05, 4.69) is 15.2 Å². The molecular weight excluding hydrogens is 242 g/mol. The molecule has 0 aliphatic rings. The highest BCUT2D eigenvalue weighted by Gasteiger charge is 2.27. The first-order valence-corrected chi connectivity index (χ1v) is 6.47. The average molecular weight is 263 g/mol. The molecule has 1 unspecified atom stereocenters. The number of rotatable bonds is 3. The molecule has 0 aliphatic carbocycles. The van der Waals surface area contributed by atoms with E-state index in [-0.39, 0.29) is 11.5 Å². The molecule has 0 amide bonds. The second-order valence-electron chi connectivity index (χ2n) is 5.79. The molecule has 1 atom stereocenters. The summed E-state index contributed by atoms with van der Waals surface area (Å²) in [5, 5.41) is 8.36. The first kappa shape index (κ1) is 13.7. The molecule has 0 spiro atoms. The van der Waals surface area contributed by atoms with Crippen molar-refractivity contribution in [3.05, 3.63) is 17.6 Å². The van der Waals surface area contributed by atoms with Crippen LogP contribution >= 0.6 is 0 Å². The van der Waals surface area contributed by atoms with Gasteiger partial charge in [0.05, 0.1) is 11.7 Å². The maximum atomic E-state index is 6.13. The highest BCUT2D eigenvalue weighted by atomic mass is 16.5. The van der Waals surface area contributed by atoms with E-state index < -0.39 is 0 Å². The van der Waals surface area contributed by atoms with Crippen molar-refractivity contribution in [2.45, 2.75) is 47.2 Å². The van der Waals surface area contributed by atoms with Crippen molar-refractivity contribution in [1.82, 2.24) is 19.9 Å². The topological polar surface area (TPSA) is 82.8 Å². The van der Waals surface area contributed by atoms with Gasteiger partial charge < -0.3 is 10.3 Å². The fraction of sp³-hybridized carbons (Fsp3) is 0.615. The van der Waals surface area contributed by atoms with Crippen LogP contribution in [0.3, 0.4) is 0 Å². The Hall–Kier alpha value is -1.69. The Labute approximate surface area is 113 Å². The van der Waals surface area contributed by atoms with Crippen LogP contribution in [-0.4, -0.2) is 19.9 Å². The van der Waals surface area contributed by atoms with Crippen molar-refractivity contribution >= 4 is 0 Å². The molecule has 19 heavy (non-hydrogen) atoms.